The predicted molar refractivity (Wildman–Crippen MR) is 267 cm³/mol. The van der Waals surface area contributed by atoms with E-state index in [9.17, 15) is 0 Å². The Labute approximate surface area is 368 Å². The minimum absolute atomic E-state index is 0.631. The van der Waals surface area contributed by atoms with Crippen molar-refractivity contribution in [2.24, 2.45) is 0 Å². The molecule has 0 N–H and O–H groups in total. The molecule has 296 valence electrons. The summed E-state index contributed by atoms with van der Waals surface area (Å²) in [6, 6.07) is 75.5. The zero-order valence-corrected chi connectivity index (χ0v) is 34.6. The number of aromatic nitrogens is 4. The SMILES string of the molecule is c1ccc2c(-c3cc(-c4cccc5ccccc45)nc(-c4cc(-c5cnc6c7ccccc7c7ccccc7c6n5)cc(-c5cc6ccccc6c6ccccc56)c4)n3)cccc2c1. The number of rotatable bonds is 5. The van der Waals surface area contributed by atoms with Gasteiger partial charge in [0.1, 0.15) is 0 Å². The fraction of sp³-hybridized carbons (Fsp3) is 0. The lowest BCUT2D eigenvalue weighted by atomic mass is 9.91. The molecule has 13 rings (SSSR count). The summed E-state index contributed by atoms with van der Waals surface area (Å²) in [6.07, 6.45) is 1.93. The first-order chi connectivity index (χ1) is 31.7. The molecular weight excluding hydrogens is 777 g/mol. The highest BCUT2D eigenvalue weighted by atomic mass is 14.9. The zero-order chi connectivity index (χ0) is 42.1. The average molecular weight is 813 g/mol. The van der Waals surface area contributed by atoms with Crippen LogP contribution in [0.5, 0.6) is 0 Å². The summed E-state index contributed by atoms with van der Waals surface area (Å²) in [6.45, 7) is 0. The maximum absolute atomic E-state index is 5.50. The molecule has 0 aliphatic carbocycles. The molecule has 0 aliphatic heterocycles. The zero-order valence-electron chi connectivity index (χ0n) is 34.6. The van der Waals surface area contributed by atoms with Gasteiger partial charge in [0.2, 0.25) is 0 Å². The van der Waals surface area contributed by atoms with Gasteiger partial charge in [-0.05, 0) is 95.3 Å². The van der Waals surface area contributed by atoms with Gasteiger partial charge in [-0.25, -0.2) is 15.0 Å². The van der Waals surface area contributed by atoms with Crippen molar-refractivity contribution in [2.75, 3.05) is 0 Å². The van der Waals surface area contributed by atoms with Gasteiger partial charge in [-0.1, -0.05) is 182 Å². The van der Waals surface area contributed by atoms with E-state index in [4.69, 9.17) is 19.9 Å². The van der Waals surface area contributed by atoms with Gasteiger partial charge in [-0.15, -0.1) is 0 Å². The molecule has 0 amide bonds. The molecule has 0 aliphatic rings. The van der Waals surface area contributed by atoms with Gasteiger partial charge < -0.3 is 0 Å². The number of benzene rings is 11. The van der Waals surface area contributed by atoms with Gasteiger partial charge in [-0.2, -0.15) is 0 Å². The highest BCUT2D eigenvalue weighted by molar-refractivity contribution is 6.23. The standard InChI is InChI=1S/C60H36N4/c1-4-20-43-37(15-1)18-13-29-50(43)55-35-56(51-30-14-19-38-16-2-5-21-44(38)51)64-60(63-55)42-32-40(54-34-39-17-3-6-22-45(39)46-23-7-8-26-49(46)54)31-41(33-42)57-36-61-58-52-27-11-9-24-47(52)48-25-10-12-28-53(48)59(58)62-57/h1-36H. The monoisotopic (exact) mass is 812 g/mol. The van der Waals surface area contributed by atoms with E-state index >= 15 is 0 Å². The summed E-state index contributed by atoms with van der Waals surface area (Å²) in [5.74, 6) is 0.631. The smallest absolute Gasteiger partial charge is 0.160 e. The van der Waals surface area contributed by atoms with Gasteiger partial charge in [0, 0.05) is 33.0 Å². The van der Waals surface area contributed by atoms with E-state index in [2.05, 4.69) is 212 Å². The van der Waals surface area contributed by atoms with Crippen molar-refractivity contribution in [3.8, 4) is 56.3 Å². The molecule has 0 unspecified atom stereocenters. The van der Waals surface area contributed by atoms with E-state index in [-0.39, 0.29) is 0 Å². The van der Waals surface area contributed by atoms with E-state index in [0.29, 0.717) is 5.82 Å². The molecule has 2 heterocycles. The highest BCUT2D eigenvalue weighted by Gasteiger charge is 2.19. The first kappa shape index (κ1) is 36.1. The molecule has 0 saturated heterocycles. The lowest BCUT2D eigenvalue weighted by Gasteiger charge is -2.16. The van der Waals surface area contributed by atoms with Crippen LogP contribution in [0, 0.1) is 0 Å². The highest BCUT2D eigenvalue weighted by Crippen LogP contribution is 2.41. The number of fused-ring (bicyclic) bond motifs is 11. The van der Waals surface area contributed by atoms with Crippen LogP contribution in [0.25, 0.3) is 132 Å². The van der Waals surface area contributed by atoms with Crippen LogP contribution in [0.4, 0.5) is 0 Å². The lowest BCUT2D eigenvalue weighted by Crippen LogP contribution is -1.98. The Hall–Kier alpha value is -8.60. The van der Waals surface area contributed by atoms with Crippen molar-refractivity contribution in [1.29, 1.82) is 0 Å². The molecule has 64 heavy (non-hydrogen) atoms. The normalized spacial score (nSPS) is 11.8. The fourth-order valence-corrected chi connectivity index (χ4v) is 9.87. The molecule has 0 saturated carbocycles. The Balaban J connectivity index is 1.11. The summed E-state index contributed by atoms with van der Waals surface area (Å²) in [4.78, 5) is 21.7. The summed E-state index contributed by atoms with van der Waals surface area (Å²) in [5.41, 5.74) is 10.4. The molecule has 0 atom stereocenters. The summed E-state index contributed by atoms with van der Waals surface area (Å²) < 4.78 is 0. The third kappa shape index (κ3) is 5.84. The van der Waals surface area contributed by atoms with Crippen LogP contribution in [0.2, 0.25) is 0 Å². The minimum atomic E-state index is 0.631. The van der Waals surface area contributed by atoms with Crippen LogP contribution in [-0.4, -0.2) is 19.9 Å². The largest absolute Gasteiger partial charge is 0.252 e. The predicted octanol–water partition coefficient (Wildman–Crippen LogP) is 15.7. The van der Waals surface area contributed by atoms with Crippen molar-refractivity contribution >= 4 is 75.7 Å². The molecule has 0 spiro atoms. The van der Waals surface area contributed by atoms with Crippen LogP contribution in [0.3, 0.4) is 0 Å². The first-order valence-electron chi connectivity index (χ1n) is 21.7. The Kier molecular flexibility index (Phi) is 8.18. The van der Waals surface area contributed by atoms with Crippen LogP contribution in [0.1, 0.15) is 0 Å². The van der Waals surface area contributed by atoms with Crippen LogP contribution < -0.4 is 0 Å². The quantitative estimate of drug-likeness (QED) is 0.162. The molecule has 0 bridgehead atoms. The average Bonchev–Trinajstić information content (AvgIpc) is 3.37. The van der Waals surface area contributed by atoms with Crippen molar-refractivity contribution in [2.45, 2.75) is 0 Å². The summed E-state index contributed by atoms with van der Waals surface area (Å²) >= 11 is 0. The second-order valence-corrected chi connectivity index (χ2v) is 16.5. The third-order valence-electron chi connectivity index (χ3n) is 12.9. The molecule has 2 aromatic heterocycles. The molecule has 4 heteroatoms. The van der Waals surface area contributed by atoms with Crippen molar-refractivity contribution in [3.05, 3.63) is 219 Å². The molecule has 0 radical (unpaired) electrons. The maximum atomic E-state index is 5.50. The second-order valence-electron chi connectivity index (χ2n) is 16.5. The van der Waals surface area contributed by atoms with Crippen molar-refractivity contribution in [3.63, 3.8) is 0 Å². The first-order valence-corrected chi connectivity index (χ1v) is 21.7. The van der Waals surface area contributed by atoms with Crippen molar-refractivity contribution in [1.82, 2.24) is 19.9 Å². The minimum Gasteiger partial charge on any atom is -0.252 e. The van der Waals surface area contributed by atoms with Gasteiger partial charge in [-0.3, -0.25) is 4.98 Å². The Morgan fingerprint density at radius 1 is 0.250 bits per heavy atom. The topological polar surface area (TPSA) is 51.6 Å². The number of nitrogens with zero attached hydrogens (tertiary/aromatic N) is 4. The fourth-order valence-electron chi connectivity index (χ4n) is 9.87. The molecule has 0 fully saturated rings. The van der Waals surface area contributed by atoms with Crippen LogP contribution in [0.15, 0.2) is 219 Å². The van der Waals surface area contributed by atoms with Crippen LogP contribution >= 0.6 is 0 Å². The molecule has 11 aromatic carbocycles. The van der Waals surface area contributed by atoms with Gasteiger partial charge in [0.15, 0.2) is 5.82 Å². The lowest BCUT2D eigenvalue weighted by molar-refractivity contribution is 1.19. The number of hydrogen-bond acceptors (Lipinski definition) is 4. The Morgan fingerprint density at radius 2 is 0.703 bits per heavy atom. The summed E-state index contributed by atoms with van der Waals surface area (Å²) in [5, 5.41) is 13.9. The maximum Gasteiger partial charge on any atom is 0.160 e. The number of hydrogen-bond donors (Lipinski definition) is 0. The van der Waals surface area contributed by atoms with E-state index in [1.54, 1.807) is 0 Å². The second kappa shape index (κ2) is 14.5. The Bertz CT molecular complexity index is 3900. The van der Waals surface area contributed by atoms with Gasteiger partial charge in [0.25, 0.3) is 0 Å². The van der Waals surface area contributed by atoms with Crippen LogP contribution in [-0.2, 0) is 0 Å². The van der Waals surface area contributed by atoms with Crippen molar-refractivity contribution < 1.29 is 0 Å². The van der Waals surface area contributed by atoms with Gasteiger partial charge >= 0.3 is 0 Å². The molecular formula is C60H36N4. The molecule has 13 aromatic rings. The summed E-state index contributed by atoms with van der Waals surface area (Å²) in [7, 11) is 0. The van der Waals surface area contributed by atoms with E-state index in [0.717, 1.165) is 99.2 Å². The van der Waals surface area contributed by atoms with E-state index in [1.807, 2.05) is 6.20 Å². The molecule has 4 nitrogen and oxygen atoms in total. The van der Waals surface area contributed by atoms with E-state index < -0.39 is 0 Å². The van der Waals surface area contributed by atoms with E-state index in [1.165, 1.54) is 26.9 Å². The third-order valence-corrected chi connectivity index (χ3v) is 12.9. The van der Waals surface area contributed by atoms with Gasteiger partial charge in [0.05, 0.1) is 34.3 Å². The Morgan fingerprint density at radius 3 is 1.33 bits per heavy atom.